The highest BCUT2D eigenvalue weighted by atomic mass is 79.9. The number of furan rings is 1. The summed E-state index contributed by atoms with van der Waals surface area (Å²) >= 11 is 6.65. The summed E-state index contributed by atoms with van der Waals surface area (Å²) < 4.78 is 6.98. The van der Waals surface area contributed by atoms with Crippen LogP contribution in [0.5, 0.6) is 0 Å². The first-order chi connectivity index (χ1) is 8.06. The third-order valence-corrected chi connectivity index (χ3v) is 4.21. The highest BCUT2D eigenvalue weighted by Gasteiger charge is 2.03. The van der Waals surface area contributed by atoms with Gasteiger partial charge in [-0.3, -0.25) is 4.99 Å². The second-order valence-electron chi connectivity index (χ2n) is 3.80. The summed E-state index contributed by atoms with van der Waals surface area (Å²) in [5.74, 6) is 0.710. The fourth-order valence-electron chi connectivity index (χ4n) is 1.37. The normalized spacial score (nSPS) is 11.3. The Bertz CT molecular complexity index is 553. The molecule has 0 spiro atoms. The van der Waals surface area contributed by atoms with Gasteiger partial charge in [0.15, 0.2) is 4.67 Å². The van der Waals surface area contributed by atoms with Crippen LogP contribution in [0.25, 0.3) is 0 Å². The summed E-state index contributed by atoms with van der Waals surface area (Å²) in [5.41, 5.74) is 3.44. The summed E-state index contributed by atoms with van der Waals surface area (Å²) in [6.45, 7) is 4.16. The number of benzene rings is 1. The van der Waals surface area contributed by atoms with Gasteiger partial charge in [0.05, 0.1) is 16.4 Å². The molecule has 1 aromatic carbocycles. The van der Waals surface area contributed by atoms with Gasteiger partial charge in [0.25, 0.3) is 0 Å². The van der Waals surface area contributed by atoms with Gasteiger partial charge in [-0.15, -0.1) is 0 Å². The van der Waals surface area contributed by atoms with E-state index in [0.717, 1.165) is 10.2 Å². The van der Waals surface area contributed by atoms with Gasteiger partial charge >= 0.3 is 0 Å². The second kappa shape index (κ2) is 5.19. The monoisotopic (exact) mass is 355 g/mol. The molecular weight excluding hydrogens is 346 g/mol. The number of hydrogen-bond acceptors (Lipinski definition) is 2. The van der Waals surface area contributed by atoms with Crippen LogP contribution >= 0.6 is 31.9 Å². The van der Waals surface area contributed by atoms with Crippen molar-refractivity contribution in [2.75, 3.05) is 0 Å². The van der Waals surface area contributed by atoms with Gasteiger partial charge in [-0.1, -0.05) is 6.07 Å². The first-order valence-electron chi connectivity index (χ1n) is 5.12. The summed E-state index contributed by atoms with van der Waals surface area (Å²) in [5, 5.41) is 0. The lowest BCUT2D eigenvalue weighted by molar-refractivity contribution is 0.533. The number of rotatable bonds is 2. The second-order valence-corrected chi connectivity index (χ2v) is 5.37. The van der Waals surface area contributed by atoms with Crippen LogP contribution in [0.15, 0.2) is 42.8 Å². The van der Waals surface area contributed by atoms with E-state index >= 15 is 0 Å². The minimum absolute atomic E-state index is 0.680. The largest absolute Gasteiger partial charge is 0.447 e. The third-order valence-electron chi connectivity index (χ3n) is 2.50. The highest BCUT2D eigenvalue weighted by molar-refractivity contribution is 9.13. The highest BCUT2D eigenvalue weighted by Crippen LogP contribution is 2.26. The molecule has 2 aromatic rings. The van der Waals surface area contributed by atoms with Gasteiger partial charge in [0.1, 0.15) is 5.76 Å². The van der Waals surface area contributed by atoms with Gasteiger partial charge in [-0.25, -0.2) is 0 Å². The lowest BCUT2D eigenvalue weighted by atomic mass is 10.1. The average molecular weight is 357 g/mol. The van der Waals surface area contributed by atoms with Crippen LogP contribution in [0.1, 0.15) is 16.9 Å². The molecule has 4 heteroatoms. The smallest absolute Gasteiger partial charge is 0.184 e. The fraction of sp³-hybridized carbons (Fsp3) is 0.154. The fourth-order valence-corrected chi connectivity index (χ4v) is 1.98. The molecule has 0 saturated heterocycles. The van der Waals surface area contributed by atoms with E-state index in [1.54, 1.807) is 6.21 Å². The zero-order valence-electron chi connectivity index (χ0n) is 9.50. The van der Waals surface area contributed by atoms with E-state index in [-0.39, 0.29) is 0 Å². The Morgan fingerprint density at radius 3 is 2.47 bits per heavy atom. The molecule has 88 valence electrons. The Kier molecular flexibility index (Phi) is 3.84. The quantitative estimate of drug-likeness (QED) is 0.681. The van der Waals surface area contributed by atoms with Gasteiger partial charge < -0.3 is 4.42 Å². The number of aliphatic imine (C=N–C) groups is 1. The molecular formula is C13H11Br2NO. The first kappa shape index (κ1) is 12.6. The summed E-state index contributed by atoms with van der Waals surface area (Å²) in [6.07, 6.45) is 1.71. The maximum absolute atomic E-state index is 5.41. The molecule has 0 aliphatic rings. The van der Waals surface area contributed by atoms with Crippen LogP contribution in [-0.2, 0) is 0 Å². The summed E-state index contributed by atoms with van der Waals surface area (Å²) in [7, 11) is 0. The standard InChI is InChI=1S/C13H11Br2NO/c1-8-3-4-10(5-9(8)2)16-7-11-6-12(14)13(15)17-11/h3-7H,1-2H3. The Morgan fingerprint density at radius 1 is 1.12 bits per heavy atom. The Hall–Kier alpha value is -0.870. The molecule has 0 saturated carbocycles. The maximum atomic E-state index is 5.41. The maximum Gasteiger partial charge on any atom is 0.184 e. The predicted octanol–water partition coefficient (Wildman–Crippen LogP) is 5.17. The van der Waals surface area contributed by atoms with Crippen LogP contribution in [-0.4, -0.2) is 6.21 Å². The van der Waals surface area contributed by atoms with E-state index in [4.69, 9.17) is 4.42 Å². The zero-order chi connectivity index (χ0) is 12.4. The van der Waals surface area contributed by atoms with E-state index in [2.05, 4.69) is 62.8 Å². The van der Waals surface area contributed by atoms with Crippen LogP contribution in [0.2, 0.25) is 0 Å². The van der Waals surface area contributed by atoms with Crippen LogP contribution in [0.4, 0.5) is 5.69 Å². The van der Waals surface area contributed by atoms with Gasteiger partial charge in [-0.2, -0.15) is 0 Å². The number of hydrogen-bond donors (Lipinski definition) is 0. The number of nitrogens with zero attached hydrogens (tertiary/aromatic N) is 1. The predicted molar refractivity (Wildman–Crippen MR) is 77.3 cm³/mol. The lowest BCUT2D eigenvalue weighted by Gasteiger charge is -1.99. The van der Waals surface area contributed by atoms with E-state index in [0.29, 0.717) is 10.4 Å². The van der Waals surface area contributed by atoms with Crippen molar-refractivity contribution in [1.29, 1.82) is 0 Å². The van der Waals surface area contributed by atoms with E-state index in [9.17, 15) is 0 Å². The first-order valence-corrected chi connectivity index (χ1v) is 6.71. The van der Waals surface area contributed by atoms with Crippen LogP contribution in [0.3, 0.4) is 0 Å². The lowest BCUT2D eigenvalue weighted by Crippen LogP contribution is -1.79. The Morgan fingerprint density at radius 2 is 1.88 bits per heavy atom. The van der Waals surface area contributed by atoms with Crippen molar-refractivity contribution in [2.24, 2.45) is 4.99 Å². The topological polar surface area (TPSA) is 25.5 Å². The van der Waals surface area contributed by atoms with Crippen LogP contribution in [0, 0.1) is 13.8 Å². The van der Waals surface area contributed by atoms with Gasteiger partial charge in [0, 0.05) is 6.07 Å². The SMILES string of the molecule is Cc1ccc(N=Cc2cc(Br)c(Br)o2)cc1C. The number of aryl methyl sites for hydroxylation is 2. The van der Waals surface area contributed by atoms with Crippen molar-refractivity contribution < 1.29 is 4.42 Å². The molecule has 0 amide bonds. The molecule has 0 unspecified atom stereocenters. The van der Waals surface area contributed by atoms with E-state index in [1.165, 1.54) is 11.1 Å². The average Bonchev–Trinajstić information content (AvgIpc) is 2.60. The molecule has 0 aliphatic carbocycles. The minimum Gasteiger partial charge on any atom is -0.447 e. The van der Waals surface area contributed by atoms with Crippen molar-refractivity contribution in [3.63, 3.8) is 0 Å². The van der Waals surface area contributed by atoms with Crippen molar-refractivity contribution >= 4 is 43.8 Å². The van der Waals surface area contributed by atoms with Gasteiger partial charge in [-0.05, 0) is 69.0 Å². The van der Waals surface area contributed by atoms with E-state index in [1.807, 2.05) is 12.1 Å². The minimum atomic E-state index is 0.680. The summed E-state index contributed by atoms with van der Waals surface area (Å²) in [4.78, 5) is 4.37. The summed E-state index contributed by atoms with van der Waals surface area (Å²) in [6, 6.07) is 7.98. The van der Waals surface area contributed by atoms with E-state index < -0.39 is 0 Å². The molecule has 0 atom stereocenters. The molecule has 0 N–H and O–H groups in total. The van der Waals surface area contributed by atoms with Gasteiger partial charge in [0.2, 0.25) is 0 Å². The van der Waals surface area contributed by atoms with Crippen molar-refractivity contribution in [2.45, 2.75) is 13.8 Å². The molecule has 0 fully saturated rings. The Balaban J connectivity index is 2.22. The molecule has 2 rings (SSSR count). The molecule has 0 radical (unpaired) electrons. The molecule has 0 bridgehead atoms. The molecule has 1 aromatic heterocycles. The molecule has 17 heavy (non-hydrogen) atoms. The molecule has 2 nitrogen and oxygen atoms in total. The number of halogens is 2. The van der Waals surface area contributed by atoms with Crippen molar-refractivity contribution in [3.8, 4) is 0 Å². The van der Waals surface area contributed by atoms with Crippen molar-refractivity contribution in [3.05, 3.63) is 50.3 Å². The molecule has 0 aliphatic heterocycles. The van der Waals surface area contributed by atoms with Crippen LogP contribution < -0.4 is 0 Å². The zero-order valence-corrected chi connectivity index (χ0v) is 12.7. The van der Waals surface area contributed by atoms with Crippen molar-refractivity contribution in [1.82, 2.24) is 0 Å². The third kappa shape index (κ3) is 3.07. The molecule has 1 heterocycles. The Labute approximate surface area is 117 Å².